The van der Waals surface area contributed by atoms with E-state index in [9.17, 15) is 14.0 Å². The summed E-state index contributed by atoms with van der Waals surface area (Å²) in [7, 11) is 0. The molecule has 0 bridgehead atoms. The molecule has 1 atom stereocenters. The second-order valence-corrected chi connectivity index (χ2v) is 4.73. The summed E-state index contributed by atoms with van der Waals surface area (Å²) in [6, 6.07) is 5.78. The number of benzene rings is 1. The predicted octanol–water partition coefficient (Wildman–Crippen LogP) is 0.690. The first kappa shape index (κ1) is 15.6. The molecule has 1 aromatic carbocycles. The van der Waals surface area contributed by atoms with Gasteiger partial charge in [-0.3, -0.25) is 14.6 Å². The molecule has 7 heteroatoms. The van der Waals surface area contributed by atoms with Crippen LogP contribution >= 0.6 is 0 Å². The number of nitrogens with one attached hydrogen (secondary N) is 1. The summed E-state index contributed by atoms with van der Waals surface area (Å²) in [6.45, 7) is 0.0715. The lowest BCUT2D eigenvalue weighted by Crippen LogP contribution is -2.37. The Morgan fingerprint density at radius 3 is 2.55 bits per heavy atom. The van der Waals surface area contributed by atoms with E-state index in [1.54, 1.807) is 12.1 Å². The monoisotopic (exact) mass is 302 g/mol. The van der Waals surface area contributed by atoms with E-state index in [-0.39, 0.29) is 18.1 Å². The SMILES string of the molecule is NC(=O)[C@@H](CNC(=O)c1cnccn1)Cc1ccc(F)cc1. The summed E-state index contributed by atoms with van der Waals surface area (Å²) in [5.74, 6) is -1.91. The van der Waals surface area contributed by atoms with Crippen molar-refractivity contribution in [2.24, 2.45) is 11.7 Å². The zero-order chi connectivity index (χ0) is 15.9. The molecule has 0 fully saturated rings. The summed E-state index contributed by atoms with van der Waals surface area (Å²) < 4.78 is 12.9. The number of nitrogens with zero attached hydrogens (tertiary/aromatic N) is 2. The van der Waals surface area contributed by atoms with E-state index in [1.807, 2.05) is 0 Å². The zero-order valence-electron chi connectivity index (χ0n) is 11.7. The summed E-state index contributed by atoms with van der Waals surface area (Å²) >= 11 is 0. The highest BCUT2D eigenvalue weighted by Gasteiger charge is 2.18. The fourth-order valence-electron chi connectivity index (χ4n) is 1.90. The van der Waals surface area contributed by atoms with Gasteiger partial charge in [-0.1, -0.05) is 12.1 Å². The minimum Gasteiger partial charge on any atom is -0.369 e. The van der Waals surface area contributed by atoms with E-state index in [0.29, 0.717) is 6.42 Å². The van der Waals surface area contributed by atoms with Crippen LogP contribution in [0.1, 0.15) is 16.1 Å². The van der Waals surface area contributed by atoms with Crippen LogP contribution in [0, 0.1) is 11.7 Å². The number of hydrogen-bond acceptors (Lipinski definition) is 4. The van der Waals surface area contributed by atoms with Gasteiger partial charge < -0.3 is 11.1 Å². The van der Waals surface area contributed by atoms with Crippen LogP contribution in [0.25, 0.3) is 0 Å². The van der Waals surface area contributed by atoms with Crippen molar-refractivity contribution in [3.05, 3.63) is 59.9 Å². The first-order chi connectivity index (χ1) is 10.6. The number of nitrogens with two attached hydrogens (primary N) is 1. The highest BCUT2D eigenvalue weighted by Crippen LogP contribution is 2.09. The van der Waals surface area contributed by atoms with E-state index in [4.69, 9.17) is 5.73 Å². The number of hydrogen-bond donors (Lipinski definition) is 2. The molecular formula is C15H15FN4O2. The fraction of sp³-hybridized carbons (Fsp3) is 0.200. The molecule has 2 aromatic rings. The van der Waals surface area contributed by atoms with E-state index in [2.05, 4.69) is 15.3 Å². The number of rotatable bonds is 6. The Labute approximate surface area is 126 Å². The Hall–Kier alpha value is -2.83. The third-order valence-corrected chi connectivity index (χ3v) is 3.10. The maximum Gasteiger partial charge on any atom is 0.271 e. The van der Waals surface area contributed by atoms with E-state index in [1.165, 1.54) is 30.7 Å². The van der Waals surface area contributed by atoms with Gasteiger partial charge in [0.1, 0.15) is 11.5 Å². The number of primary amides is 1. The molecule has 2 rings (SSSR count). The maximum absolute atomic E-state index is 12.9. The van der Waals surface area contributed by atoms with Crippen LogP contribution < -0.4 is 11.1 Å². The van der Waals surface area contributed by atoms with Gasteiger partial charge in [0.05, 0.1) is 12.1 Å². The van der Waals surface area contributed by atoms with E-state index in [0.717, 1.165) is 5.56 Å². The Morgan fingerprint density at radius 2 is 1.95 bits per heavy atom. The lowest BCUT2D eigenvalue weighted by molar-refractivity contribution is -0.121. The van der Waals surface area contributed by atoms with Gasteiger partial charge in [0.15, 0.2) is 0 Å². The summed E-state index contributed by atoms with van der Waals surface area (Å²) in [5.41, 5.74) is 6.27. The van der Waals surface area contributed by atoms with Crippen molar-refractivity contribution >= 4 is 11.8 Å². The predicted molar refractivity (Wildman–Crippen MR) is 77.2 cm³/mol. The second-order valence-electron chi connectivity index (χ2n) is 4.73. The largest absolute Gasteiger partial charge is 0.369 e. The van der Waals surface area contributed by atoms with Crippen LogP contribution in [0.15, 0.2) is 42.9 Å². The van der Waals surface area contributed by atoms with Gasteiger partial charge >= 0.3 is 0 Å². The van der Waals surface area contributed by atoms with Crippen LogP contribution in [0.4, 0.5) is 4.39 Å². The van der Waals surface area contributed by atoms with Crippen LogP contribution in [-0.2, 0) is 11.2 Å². The van der Waals surface area contributed by atoms with Gasteiger partial charge in [0, 0.05) is 18.9 Å². The first-order valence-electron chi connectivity index (χ1n) is 6.64. The second kappa shape index (κ2) is 7.26. The van der Waals surface area contributed by atoms with Crippen LogP contribution in [-0.4, -0.2) is 28.3 Å². The highest BCUT2D eigenvalue weighted by atomic mass is 19.1. The average Bonchev–Trinajstić information content (AvgIpc) is 2.53. The Bertz CT molecular complexity index is 646. The Kier molecular flexibility index (Phi) is 5.13. The molecule has 0 radical (unpaired) electrons. The van der Waals surface area contributed by atoms with Crippen molar-refractivity contribution in [1.29, 1.82) is 0 Å². The van der Waals surface area contributed by atoms with E-state index >= 15 is 0 Å². The first-order valence-corrected chi connectivity index (χ1v) is 6.64. The molecule has 0 spiro atoms. The molecule has 0 aliphatic carbocycles. The number of carbonyl (C=O) groups excluding carboxylic acids is 2. The average molecular weight is 302 g/mol. The molecule has 1 aromatic heterocycles. The number of amides is 2. The molecule has 2 amide bonds. The molecule has 6 nitrogen and oxygen atoms in total. The normalized spacial score (nSPS) is 11.7. The van der Waals surface area contributed by atoms with E-state index < -0.39 is 17.7 Å². The molecule has 0 aliphatic rings. The fourth-order valence-corrected chi connectivity index (χ4v) is 1.90. The standard InChI is InChI=1S/C15H15FN4O2/c16-12-3-1-10(2-4-12)7-11(14(17)21)8-20-15(22)13-9-18-5-6-19-13/h1-6,9,11H,7-8H2,(H2,17,21)(H,20,22)/t11-/m1/s1. The number of halogens is 1. The smallest absolute Gasteiger partial charge is 0.271 e. The zero-order valence-corrected chi connectivity index (χ0v) is 11.7. The van der Waals surface area contributed by atoms with Crippen molar-refractivity contribution in [3.63, 3.8) is 0 Å². The lowest BCUT2D eigenvalue weighted by atomic mass is 9.98. The quantitative estimate of drug-likeness (QED) is 0.820. The van der Waals surface area contributed by atoms with Gasteiger partial charge in [-0.15, -0.1) is 0 Å². The molecule has 3 N–H and O–H groups in total. The van der Waals surface area contributed by atoms with Gasteiger partial charge in [0.25, 0.3) is 5.91 Å². The minimum atomic E-state index is -0.592. The third kappa shape index (κ3) is 4.34. The molecule has 114 valence electrons. The van der Waals surface area contributed by atoms with Gasteiger partial charge in [-0.05, 0) is 24.1 Å². The Balaban J connectivity index is 1.96. The third-order valence-electron chi connectivity index (χ3n) is 3.10. The molecule has 0 aliphatic heterocycles. The molecule has 22 heavy (non-hydrogen) atoms. The topological polar surface area (TPSA) is 98.0 Å². The van der Waals surface area contributed by atoms with Crippen LogP contribution in [0.3, 0.4) is 0 Å². The molecule has 0 saturated carbocycles. The molecule has 1 heterocycles. The van der Waals surface area contributed by atoms with Crippen molar-refractivity contribution in [2.75, 3.05) is 6.54 Å². The Morgan fingerprint density at radius 1 is 1.23 bits per heavy atom. The maximum atomic E-state index is 12.9. The van der Waals surface area contributed by atoms with Gasteiger partial charge in [-0.25, -0.2) is 9.37 Å². The number of aromatic nitrogens is 2. The van der Waals surface area contributed by atoms with Crippen molar-refractivity contribution in [2.45, 2.75) is 6.42 Å². The lowest BCUT2D eigenvalue weighted by Gasteiger charge is -2.14. The van der Waals surface area contributed by atoms with Crippen LogP contribution in [0.2, 0.25) is 0 Å². The van der Waals surface area contributed by atoms with Crippen LogP contribution in [0.5, 0.6) is 0 Å². The number of carbonyl (C=O) groups is 2. The van der Waals surface area contributed by atoms with Crippen molar-refractivity contribution in [1.82, 2.24) is 15.3 Å². The highest BCUT2D eigenvalue weighted by molar-refractivity contribution is 5.92. The molecule has 0 saturated heterocycles. The molecule has 0 unspecified atom stereocenters. The molecular weight excluding hydrogens is 287 g/mol. The summed E-state index contributed by atoms with van der Waals surface area (Å²) in [5, 5.41) is 2.60. The van der Waals surface area contributed by atoms with Crippen molar-refractivity contribution in [3.8, 4) is 0 Å². The minimum absolute atomic E-state index is 0.0715. The summed E-state index contributed by atoms with van der Waals surface area (Å²) in [6.07, 6.45) is 4.50. The van der Waals surface area contributed by atoms with Gasteiger partial charge in [-0.2, -0.15) is 0 Å². The summed E-state index contributed by atoms with van der Waals surface area (Å²) in [4.78, 5) is 31.0. The van der Waals surface area contributed by atoms with Crippen molar-refractivity contribution < 1.29 is 14.0 Å². The van der Waals surface area contributed by atoms with Gasteiger partial charge in [0.2, 0.25) is 5.91 Å².